The van der Waals surface area contributed by atoms with Crippen LogP contribution >= 0.6 is 0 Å². The molecule has 0 fully saturated rings. The lowest BCUT2D eigenvalue weighted by Gasteiger charge is -2.12. The minimum Gasteiger partial charge on any atom is -0.443 e. The molecular formula is C52H49N5O6. The third-order valence-corrected chi connectivity index (χ3v) is 10.3. The summed E-state index contributed by atoms with van der Waals surface area (Å²) in [4.78, 5) is 22.4. The summed E-state index contributed by atoms with van der Waals surface area (Å²) in [6.45, 7) is 22.0. The lowest BCUT2D eigenvalue weighted by molar-refractivity contribution is 0.362. The lowest BCUT2D eigenvalue weighted by Crippen LogP contribution is -2.13. The summed E-state index contributed by atoms with van der Waals surface area (Å²) in [6.07, 6.45) is 0. The van der Waals surface area contributed by atoms with E-state index in [0.29, 0.717) is 40.4 Å². The number of amidine groups is 1. The van der Waals surface area contributed by atoms with E-state index >= 15 is 0 Å². The highest BCUT2D eigenvalue weighted by Gasteiger charge is 2.15. The van der Waals surface area contributed by atoms with Crippen LogP contribution < -0.4 is 28.4 Å². The maximum absolute atomic E-state index is 6.13. The standard InChI is InChI=1S/C52H49N5O6/c1-31-11-19-45(27-35(31)5)59-40(10)54-49(61-46-20-12-32(2)36(6)28-46)53-39(9)58-43-23-15-41(16-24-43)42-17-25-44(26-18-42)60-50-55-51(62-47-21-13-33(3)37(7)29-47)57-52(56-50)63-48-22-14-34(4)38(8)30-48/h11-30H,9H2,1-8,10H3. The maximum Gasteiger partial charge on any atom is 0.331 e. The highest BCUT2D eigenvalue weighted by molar-refractivity contribution is 5.91. The van der Waals surface area contributed by atoms with E-state index in [1.807, 2.05) is 170 Å². The molecule has 6 aromatic carbocycles. The Hall–Kier alpha value is -7.79. The van der Waals surface area contributed by atoms with Crippen molar-refractivity contribution in [2.75, 3.05) is 0 Å². The van der Waals surface area contributed by atoms with Gasteiger partial charge in [-0.05, 0) is 190 Å². The van der Waals surface area contributed by atoms with Crippen molar-refractivity contribution in [3.8, 4) is 63.7 Å². The third kappa shape index (κ3) is 11.7. The summed E-state index contributed by atoms with van der Waals surface area (Å²) in [5, 5.41) is 0. The molecule has 0 aliphatic rings. The molecule has 0 spiro atoms. The minimum atomic E-state index is 0.0101. The molecule has 0 saturated carbocycles. The van der Waals surface area contributed by atoms with Gasteiger partial charge in [-0.3, -0.25) is 0 Å². The fourth-order valence-corrected chi connectivity index (χ4v) is 6.08. The van der Waals surface area contributed by atoms with Gasteiger partial charge in [0.2, 0.25) is 5.88 Å². The Morgan fingerprint density at radius 3 is 1.16 bits per heavy atom. The molecule has 11 heteroatoms. The molecule has 318 valence electrons. The molecule has 1 aromatic heterocycles. The van der Waals surface area contributed by atoms with Crippen molar-refractivity contribution < 1.29 is 28.4 Å². The Kier molecular flexibility index (Phi) is 13.3. The summed E-state index contributed by atoms with van der Waals surface area (Å²) in [5.74, 6) is 3.83. The molecular weight excluding hydrogens is 791 g/mol. The van der Waals surface area contributed by atoms with Crippen LogP contribution in [0.1, 0.15) is 51.4 Å². The van der Waals surface area contributed by atoms with E-state index in [0.717, 1.165) is 50.1 Å². The van der Waals surface area contributed by atoms with E-state index in [4.69, 9.17) is 28.4 Å². The zero-order chi connectivity index (χ0) is 44.6. The zero-order valence-corrected chi connectivity index (χ0v) is 36.9. The summed E-state index contributed by atoms with van der Waals surface area (Å²) >= 11 is 0. The van der Waals surface area contributed by atoms with Crippen LogP contribution in [0.5, 0.6) is 52.5 Å². The van der Waals surface area contributed by atoms with Crippen LogP contribution in [0.25, 0.3) is 11.1 Å². The fourth-order valence-electron chi connectivity index (χ4n) is 6.08. The van der Waals surface area contributed by atoms with Gasteiger partial charge in [-0.1, -0.05) is 48.5 Å². The second kappa shape index (κ2) is 19.3. The number of hydrogen-bond acceptors (Lipinski definition) is 10. The Balaban J connectivity index is 1.05. The van der Waals surface area contributed by atoms with Gasteiger partial charge >= 0.3 is 24.1 Å². The second-order valence-corrected chi connectivity index (χ2v) is 15.2. The van der Waals surface area contributed by atoms with Crippen molar-refractivity contribution in [1.82, 2.24) is 15.0 Å². The topological polar surface area (TPSA) is 119 Å². The molecule has 7 aromatic rings. The van der Waals surface area contributed by atoms with Gasteiger partial charge in [0.15, 0.2) is 5.90 Å². The minimum absolute atomic E-state index is 0.0101. The molecule has 0 aliphatic carbocycles. The number of ether oxygens (including phenoxy) is 6. The van der Waals surface area contributed by atoms with Gasteiger partial charge in [0.25, 0.3) is 0 Å². The fraction of sp³-hybridized carbons (Fsp3) is 0.173. The van der Waals surface area contributed by atoms with Crippen molar-refractivity contribution in [3.05, 3.63) is 178 Å². The van der Waals surface area contributed by atoms with Gasteiger partial charge < -0.3 is 28.4 Å². The first-order chi connectivity index (χ1) is 30.2. The Labute approximate surface area is 368 Å². The van der Waals surface area contributed by atoms with Crippen molar-refractivity contribution in [1.29, 1.82) is 0 Å². The predicted molar refractivity (Wildman–Crippen MR) is 247 cm³/mol. The number of rotatable bonds is 12. The molecule has 11 nitrogen and oxygen atoms in total. The largest absolute Gasteiger partial charge is 0.443 e. The van der Waals surface area contributed by atoms with Gasteiger partial charge in [-0.2, -0.15) is 9.98 Å². The van der Waals surface area contributed by atoms with E-state index in [9.17, 15) is 0 Å². The number of nitrogens with zero attached hydrogens (tertiary/aromatic N) is 5. The smallest absolute Gasteiger partial charge is 0.331 e. The molecule has 0 amide bonds. The second-order valence-electron chi connectivity index (χ2n) is 15.2. The molecule has 0 saturated heterocycles. The van der Waals surface area contributed by atoms with Crippen LogP contribution in [0.3, 0.4) is 0 Å². The summed E-state index contributed by atoms with van der Waals surface area (Å²) in [6, 6.07) is 38.3. The number of aliphatic imine (C=N–C) groups is 2. The van der Waals surface area contributed by atoms with E-state index in [1.54, 1.807) is 6.92 Å². The summed E-state index contributed by atoms with van der Waals surface area (Å²) in [5.41, 5.74) is 10.8. The monoisotopic (exact) mass is 839 g/mol. The SMILES string of the molecule is C=C(N=C(N=C(C)Oc1ccc(C)c(C)c1)Oc1ccc(C)c(C)c1)Oc1ccc(-c2ccc(Oc3nc(Oc4ccc(C)c(C)c4)nc(Oc4ccc(C)c(C)c4)n3)cc2)cc1. The Bertz CT molecular complexity index is 2780. The third-order valence-electron chi connectivity index (χ3n) is 10.3. The van der Waals surface area contributed by atoms with Gasteiger partial charge in [-0.15, -0.1) is 15.0 Å². The summed E-state index contributed by atoms with van der Waals surface area (Å²) < 4.78 is 36.4. The molecule has 0 aliphatic heterocycles. The van der Waals surface area contributed by atoms with E-state index in [1.165, 1.54) is 5.56 Å². The van der Waals surface area contributed by atoms with Crippen molar-refractivity contribution in [2.45, 2.75) is 62.3 Å². The first kappa shape index (κ1) is 43.3. The first-order valence-corrected chi connectivity index (χ1v) is 20.4. The summed E-state index contributed by atoms with van der Waals surface area (Å²) in [7, 11) is 0. The molecule has 0 atom stereocenters. The predicted octanol–water partition coefficient (Wildman–Crippen LogP) is 13.2. The molecule has 7 rings (SSSR count). The van der Waals surface area contributed by atoms with E-state index in [2.05, 4.69) is 38.4 Å². The highest BCUT2D eigenvalue weighted by Crippen LogP contribution is 2.31. The van der Waals surface area contributed by atoms with Gasteiger partial charge in [0.1, 0.15) is 34.5 Å². The molecule has 0 unspecified atom stereocenters. The van der Waals surface area contributed by atoms with Crippen molar-refractivity contribution in [2.24, 2.45) is 9.98 Å². The number of aryl methyl sites for hydroxylation is 8. The van der Waals surface area contributed by atoms with Gasteiger partial charge in [0, 0.05) is 6.92 Å². The Morgan fingerprint density at radius 1 is 0.381 bits per heavy atom. The van der Waals surface area contributed by atoms with Gasteiger partial charge in [0.05, 0.1) is 0 Å². The van der Waals surface area contributed by atoms with Crippen LogP contribution in [-0.4, -0.2) is 26.9 Å². The van der Waals surface area contributed by atoms with Crippen LogP contribution in [0, 0.1) is 55.4 Å². The lowest BCUT2D eigenvalue weighted by atomic mass is 10.1. The highest BCUT2D eigenvalue weighted by atomic mass is 16.5. The molecule has 0 bridgehead atoms. The van der Waals surface area contributed by atoms with Crippen LogP contribution in [-0.2, 0) is 0 Å². The molecule has 1 heterocycles. The van der Waals surface area contributed by atoms with Crippen LogP contribution in [0.15, 0.2) is 144 Å². The van der Waals surface area contributed by atoms with Gasteiger partial charge in [-0.25, -0.2) is 0 Å². The van der Waals surface area contributed by atoms with Crippen molar-refractivity contribution in [3.63, 3.8) is 0 Å². The average Bonchev–Trinajstić information content (AvgIpc) is 3.24. The van der Waals surface area contributed by atoms with Crippen molar-refractivity contribution >= 4 is 11.9 Å². The number of aromatic nitrogens is 3. The Morgan fingerprint density at radius 2 is 0.730 bits per heavy atom. The van der Waals surface area contributed by atoms with E-state index in [-0.39, 0.29) is 29.9 Å². The average molecular weight is 840 g/mol. The van der Waals surface area contributed by atoms with Crippen LogP contribution in [0.4, 0.5) is 0 Å². The first-order valence-electron chi connectivity index (χ1n) is 20.4. The maximum atomic E-state index is 6.13. The molecule has 0 N–H and O–H groups in total. The normalized spacial score (nSPS) is 11.5. The molecule has 63 heavy (non-hydrogen) atoms. The quantitative estimate of drug-likeness (QED) is 0.0673. The number of hydrogen-bond donors (Lipinski definition) is 0. The number of benzene rings is 6. The molecule has 0 radical (unpaired) electrons. The zero-order valence-electron chi connectivity index (χ0n) is 36.9. The van der Waals surface area contributed by atoms with Crippen LogP contribution in [0.2, 0.25) is 0 Å². The van der Waals surface area contributed by atoms with E-state index < -0.39 is 0 Å².